The number of esters is 2. The maximum Gasteiger partial charge on any atom is 0.306 e. The van der Waals surface area contributed by atoms with Gasteiger partial charge in [0.25, 0.3) is 0 Å². The molecule has 1 atom stereocenters. The van der Waals surface area contributed by atoms with Crippen molar-refractivity contribution in [1.29, 1.82) is 0 Å². The second-order valence-electron chi connectivity index (χ2n) is 15.6. The molecule has 0 aromatic rings. The van der Waals surface area contributed by atoms with Crippen LogP contribution in [-0.4, -0.2) is 37.9 Å². The Balaban J connectivity index is 4.15. The lowest BCUT2D eigenvalue weighted by Crippen LogP contribution is -2.30. The van der Waals surface area contributed by atoms with E-state index in [-0.39, 0.29) is 25.2 Å². The van der Waals surface area contributed by atoms with Gasteiger partial charge in [-0.1, -0.05) is 191 Å². The number of ether oxygens (including phenoxy) is 3. The standard InChI is InChI=1S/C51H90O5/c1-4-7-10-13-16-18-20-22-23-24-25-26-27-28-30-32-34-37-40-43-46-54-47-49(56-51(53)45-42-39-35-15-12-9-6-3)48-55-50(52)44-41-38-36-33-31-29-21-19-17-14-11-8-5-2/h7,10,16,18-19,21-23,25-26,49H,4-6,8-9,11-15,17,20,24,27-48H2,1-3H3/b10-7-,18-16-,21-19-,23-22-,26-25-. The molecule has 0 aliphatic heterocycles. The SMILES string of the molecule is CC/C=C\C/C=C\C/C=C\C/C=C\CCCCCCCCCOCC(COC(=O)CCCCCCC/C=C\CCCCCC)OC(=O)CCCCCCCCC. The average molecular weight is 783 g/mol. The van der Waals surface area contributed by atoms with Crippen LogP contribution in [0.2, 0.25) is 0 Å². The van der Waals surface area contributed by atoms with Crippen LogP contribution in [0.15, 0.2) is 60.8 Å². The molecule has 0 bridgehead atoms. The fraction of sp³-hybridized carbons (Fsp3) is 0.765. The molecular formula is C51H90O5. The Morgan fingerprint density at radius 3 is 1.32 bits per heavy atom. The van der Waals surface area contributed by atoms with E-state index >= 15 is 0 Å². The minimum absolute atomic E-state index is 0.0767. The van der Waals surface area contributed by atoms with Crippen molar-refractivity contribution in [2.24, 2.45) is 0 Å². The van der Waals surface area contributed by atoms with Crippen LogP contribution in [0.25, 0.3) is 0 Å². The summed E-state index contributed by atoms with van der Waals surface area (Å²) in [6, 6.07) is 0. The molecule has 0 aromatic heterocycles. The fourth-order valence-corrected chi connectivity index (χ4v) is 6.49. The van der Waals surface area contributed by atoms with Gasteiger partial charge in [-0.15, -0.1) is 0 Å². The van der Waals surface area contributed by atoms with Crippen LogP contribution in [0.3, 0.4) is 0 Å². The summed E-state index contributed by atoms with van der Waals surface area (Å²) in [6.45, 7) is 7.64. The second kappa shape index (κ2) is 47.0. The van der Waals surface area contributed by atoms with E-state index in [1.165, 1.54) is 116 Å². The first-order chi connectivity index (χ1) is 27.6. The summed E-state index contributed by atoms with van der Waals surface area (Å²) < 4.78 is 17.3. The van der Waals surface area contributed by atoms with Crippen molar-refractivity contribution in [1.82, 2.24) is 0 Å². The Bertz CT molecular complexity index is 977. The van der Waals surface area contributed by atoms with Crippen LogP contribution >= 0.6 is 0 Å². The molecule has 0 spiro atoms. The molecule has 0 saturated carbocycles. The van der Waals surface area contributed by atoms with Gasteiger partial charge in [0.05, 0.1) is 6.61 Å². The molecule has 56 heavy (non-hydrogen) atoms. The third-order valence-corrected chi connectivity index (χ3v) is 10.0. The van der Waals surface area contributed by atoms with Gasteiger partial charge in [-0.25, -0.2) is 0 Å². The summed E-state index contributed by atoms with van der Waals surface area (Å²) >= 11 is 0. The lowest BCUT2D eigenvalue weighted by molar-refractivity contribution is -0.163. The van der Waals surface area contributed by atoms with E-state index < -0.39 is 6.10 Å². The second-order valence-corrected chi connectivity index (χ2v) is 15.6. The van der Waals surface area contributed by atoms with E-state index in [2.05, 4.69) is 81.5 Å². The van der Waals surface area contributed by atoms with Gasteiger partial charge >= 0.3 is 11.9 Å². The fourth-order valence-electron chi connectivity index (χ4n) is 6.49. The normalized spacial score (nSPS) is 12.7. The number of rotatable bonds is 43. The first kappa shape index (κ1) is 53.6. The minimum atomic E-state index is -0.541. The summed E-state index contributed by atoms with van der Waals surface area (Å²) in [7, 11) is 0. The molecule has 0 amide bonds. The molecule has 0 fully saturated rings. The molecule has 5 heteroatoms. The van der Waals surface area contributed by atoms with E-state index in [1.54, 1.807) is 0 Å². The number of allylic oxidation sites excluding steroid dienone is 10. The summed E-state index contributed by atoms with van der Waals surface area (Å²) in [6.07, 6.45) is 58.0. The molecule has 0 heterocycles. The Kier molecular flexibility index (Phi) is 45.0. The van der Waals surface area contributed by atoms with Gasteiger partial charge < -0.3 is 14.2 Å². The molecule has 1 unspecified atom stereocenters. The molecule has 324 valence electrons. The highest BCUT2D eigenvalue weighted by Gasteiger charge is 2.17. The van der Waals surface area contributed by atoms with E-state index in [0.29, 0.717) is 19.4 Å². The van der Waals surface area contributed by atoms with Crippen molar-refractivity contribution in [3.63, 3.8) is 0 Å². The third-order valence-electron chi connectivity index (χ3n) is 10.0. The van der Waals surface area contributed by atoms with Crippen molar-refractivity contribution < 1.29 is 23.8 Å². The zero-order chi connectivity index (χ0) is 40.7. The highest BCUT2D eigenvalue weighted by atomic mass is 16.6. The zero-order valence-corrected chi connectivity index (χ0v) is 37.1. The Morgan fingerprint density at radius 1 is 0.411 bits per heavy atom. The van der Waals surface area contributed by atoms with Gasteiger partial charge in [0.1, 0.15) is 6.61 Å². The molecule has 0 aromatic carbocycles. The Morgan fingerprint density at radius 2 is 0.804 bits per heavy atom. The van der Waals surface area contributed by atoms with Crippen molar-refractivity contribution in [3.8, 4) is 0 Å². The highest BCUT2D eigenvalue weighted by Crippen LogP contribution is 2.13. The van der Waals surface area contributed by atoms with Gasteiger partial charge in [-0.3, -0.25) is 9.59 Å². The maximum absolute atomic E-state index is 12.6. The van der Waals surface area contributed by atoms with Crippen LogP contribution in [0.5, 0.6) is 0 Å². The van der Waals surface area contributed by atoms with Crippen LogP contribution in [0.1, 0.15) is 226 Å². The molecule has 0 radical (unpaired) electrons. The third kappa shape index (κ3) is 44.3. The average Bonchev–Trinajstić information content (AvgIpc) is 3.20. The number of carbonyl (C=O) groups is 2. The predicted octanol–water partition coefficient (Wildman–Crippen LogP) is 15.8. The monoisotopic (exact) mass is 783 g/mol. The zero-order valence-electron chi connectivity index (χ0n) is 37.1. The molecule has 0 rings (SSSR count). The topological polar surface area (TPSA) is 61.8 Å². The van der Waals surface area contributed by atoms with Crippen molar-refractivity contribution >= 4 is 11.9 Å². The van der Waals surface area contributed by atoms with Crippen LogP contribution < -0.4 is 0 Å². The molecule has 5 nitrogen and oxygen atoms in total. The van der Waals surface area contributed by atoms with Crippen molar-refractivity contribution in [2.75, 3.05) is 19.8 Å². The number of carbonyl (C=O) groups excluding carboxylic acids is 2. The molecule has 0 saturated heterocycles. The maximum atomic E-state index is 12.6. The van der Waals surface area contributed by atoms with Crippen LogP contribution in [0, 0.1) is 0 Å². The van der Waals surface area contributed by atoms with Crippen molar-refractivity contribution in [3.05, 3.63) is 60.8 Å². The molecule has 0 aliphatic rings. The number of unbranched alkanes of at least 4 members (excludes halogenated alkanes) is 22. The minimum Gasteiger partial charge on any atom is -0.462 e. The van der Waals surface area contributed by atoms with Crippen LogP contribution in [0.4, 0.5) is 0 Å². The quantitative estimate of drug-likeness (QED) is 0.0350. The van der Waals surface area contributed by atoms with Gasteiger partial charge in [0, 0.05) is 19.4 Å². The first-order valence-electron chi connectivity index (χ1n) is 23.8. The Hall–Kier alpha value is -2.40. The highest BCUT2D eigenvalue weighted by molar-refractivity contribution is 5.70. The summed E-state index contributed by atoms with van der Waals surface area (Å²) in [4.78, 5) is 25.1. The lowest BCUT2D eigenvalue weighted by atomic mass is 10.1. The van der Waals surface area contributed by atoms with E-state index in [0.717, 1.165) is 77.0 Å². The smallest absolute Gasteiger partial charge is 0.306 e. The molecular weight excluding hydrogens is 693 g/mol. The van der Waals surface area contributed by atoms with Gasteiger partial charge in [0.2, 0.25) is 0 Å². The summed E-state index contributed by atoms with van der Waals surface area (Å²) in [5.74, 6) is -0.417. The van der Waals surface area contributed by atoms with Gasteiger partial charge in [-0.05, 0) is 83.5 Å². The number of hydrogen-bond donors (Lipinski definition) is 0. The predicted molar refractivity (Wildman–Crippen MR) is 242 cm³/mol. The van der Waals surface area contributed by atoms with E-state index in [1.807, 2.05) is 0 Å². The van der Waals surface area contributed by atoms with Gasteiger partial charge in [0.15, 0.2) is 6.10 Å². The lowest BCUT2D eigenvalue weighted by Gasteiger charge is -2.18. The summed E-state index contributed by atoms with van der Waals surface area (Å²) in [5, 5.41) is 0. The van der Waals surface area contributed by atoms with Crippen molar-refractivity contribution in [2.45, 2.75) is 232 Å². The number of hydrogen-bond acceptors (Lipinski definition) is 5. The Labute approximate surface area is 347 Å². The summed E-state index contributed by atoms with van der Waals surface area (Å²) in [5.41, 5.74) is 0. The largest absolute Gasteiger partial charge is 0.462 e. The molecule has 0 N–H and O–H groups in total. The molecule has 0 aliphatic carbocycles. The first-order valence-corrected chi connectivity index (χ1v) is 23.8. The van der Waals surface area contributed by atoms with E-state index in [9.17, 15) is 9.59 Å². The van der Waals surface area contributed by atoms with E-state index in [4.69, 9.17) is 14.2 Å². The van der Waals surface area contributed by atoms with Crippen LogP contribution in [-0.2, 0) is 23.8 Å². The van der Waals surface area contributed by atoms with Gasteiger partial charge in [-0.2, -0.15) is 0 Å².